The van der Waals surface area contributed by atoms with Gasteiger partial charge in [0, 0.05) is 17.4 Å². The summed E-state index contributed by atoms with van der Waals surface area (Å²) in [7, 11) is 2.17. The minimum absolute atomic E-state index is 0.528. The number of amides is 2. The van der Waals surface area contributed by atoms with Crippen LogP contribution in [0.4, 0.5) is 16.2 Å². The fourth-order valence-electron chi connectivity index (χ4n) is 2.41. The molecule has 0 bridgehead atoms. The number of carbonyl (C=O) groups is 1. The number of carbonyl (C=O) groups excluding carboxylic acids is 1. The van der Waals surface area contributed by atoms with Crippen molar-refractivity contribution in [2.45, 2.75) is 25.3 Å². The highest BCUT2D eigenvalue weighted by molar-refractivity contribution is 5.87. The average Bonchev–Trinajstić information content (AvgIpc) is 2.56. The number of hydrogen-bond acceptors (Lipinski definition) is 3. The second-order valence-electron chi connectivity index (χ2n) is 5.14. The van der Waals surface area contributed by atoms with Gasteiger partial charge < -0.3 is 21.3 Å². The molecule has 1 aromatic carbocycles. The van der Waals surface area contributed by atoms with Gasteiger partial charge in [-0.15, -0.1) is 0 Å². The van der Waals surface area contributed by atoms with Gasteiger partial charge in [0.1, 0.15) is 0 Å². The Kier molecular flexibility index (Phi) is 4.63. The second-order valence-corrected chi connectivity index (χ2v) is 5.14. The lowest BCUT2D eigenvalue weighted by atomic mass is 10.1. The van der Waals surface area contributed by atoms with Gasteiger partial charge in [0.2, 0.25) is 0 Å². The lowest BCUT2D eigenvalue weighted by Gasteiger charge is -2.18. The van der Waals surface area contributed by atoms with E-state index in [9.17, 15) is 4.79 Å². The highest BCUT2D eigenvalue weighted by Crippen LogP contribution is 2.18. The van der Waals surface area contributed by atoms with E-state index in [1.807, 2.05) is 24.3 Å². The van der Waals surface area contributed by atoms with Crippen molar-refractivity contribution in [1.29, 1.82) is 0 Å². The van der Waals surface area contributed by atoms with Gasteiger partial charge in [-0.1, -0.05) is 0 Å². The van der Waals surface area contributed by atoms with Crippen LogP contribution in [-0.4, -0.2) is 37.1 Å². The molecular weight excluding hydrogens is 240 g/mol. The van der Waals surface area contributed by atoms with Gasteiger partial charge >= 0.3 is 6.03 Å². The van der Waals surface area contributed by atoms with E-state index in [1.165, 1.54) is 19.4 Å². The lowest BCUT2D eigenvalue weighted by molar-refractivity contribution is 0.259. The summed E-state index contributed by atoms with van der Waals surface area (Å²) in [4.78, 5) is 13.1. The molecule has 5 nitrogen and oxygen atoms in total. The number of nitrogens with one attached hydrogen (secondary N) is 2. The third-order valence-corrected chi connectivity index (χ3v) is 3.47. The molecule has 2 rings (SSSR count). The SMILES string of the molecule is CN1CCCC(Nc2ccc(NC(N)=O)cc2)CC1. The van der Waals surface area contributed by atoms with Gasteiger partial charge in [0.25, 0.3) is 0 Å². The van der Waals surface area contributed by atoms with E-state index in [1.54, 1.807) is 0 Å². The summed E-state index contributed by atoms with van der Waals surface area (Å²) in [6.07, 6.45) is 3.60. The molecule has 2 amide bonds. The van der Waals surface area contributed by atoms with Crippen LogP contribution in [-0.2, 0) is 0 Å². The fraction of sp³-hybridized carbons (Fsp3) is 0.500. The molecule has 0 aromatic heterocycles. The lowest BCUT2D eigenvalue weighted by Crippen LogP contribution is -2.23. The van der Waals surface area contributed by atoms with Crippen molar-refractivity contribution >= 4 is 17.4 Å². The fourth-order valence-corrected chi connectivity index (χ4v) is 2.41. The molecule has 0 aliphatic carbocycles. The third kappa shape index (κ3) is 4.44. The van der Waals surface area contributed by atoms with Gasteiger partial charge in [-0.05, 0) is 63.7 Å². The first-order chi connectivity index (χ1) is 9.13. The van der Waals surface area contributed by atoms with Crippen molar-refractivity contribution in [1.82, 2.24) is 4.90 Å². The summed E-state index contributed by atoms with van der Waals surface area (Å²) >= 11 is 0. The molecule has 1 fully saturated rings. The number of urea groups is 1. The average molecular weight is 262 g/mol. The molecule has 1 aliphatic heterocycles. The second kappa shape index (κ2) is 6.43. The molecule has 1 aliphatic rings. The van der Waals surface area contributed by atoms with Crippen molar-refractivity contribution < 1.29 is 4.79 Å². The van der Waals surface area contributed by atoms with Crippen molar-refractivity contribution in [3.05, 3.63) is 24.3 Å². The van der Waals surface area contributed by atoms with Crippen LogP contribution in [0.15, 0.2) is 24.3 Å². The van der Waals surface area contributed by atoms with Crippen LogP contribution < -0.4 is 16.4 Å². The number of anilines is 2. The van der Waals surface area contributed by atoms with Gasteiger partial charge in [-0.3, -0.25) is 0 Å². The number of nitrogens with zero attached hydrogens (tertiary/aromatic N) is 1. The van der Waals surface area contributed by atoms with Gasteiger partial charge in [0.15, 0.2) is 0 Å². The monoisotopic (exact) mass is 262 g/mol. The van der Waals surface area contributed by atoms with Gasteiger partial charge in [0.05, 0.1) is 0 Å². The highest BCUT2D eigenvalue weighted by atomic mass is 16.2. The van der Waals surface area contributed by atoms with E-state index in [-0.39, 0.29) is 0 Å². The maximum absolute atomic E-state index is 10.7. The number of likely N-dealkylation sites (tertiary alicyclic amines) is 1. The van der Waals surface area contributed by atoms with Crippen LogP contribution in [0, 0.1) is 0 Å². The maximum Gasteiger partial charge on any atom is 0.316 e. The zero-order valence-electron chi connectivity index (χ0n) is 11.4. The number of primary amides is 1. The van der Waals surface area contributed by atoms with E-state index in [4.69, 9.17) is 5.73 Å². The molecule has 0 radical (unpaired) electrons. The summed E-state index contributed by atoms with van der Waals surface area (Å²) in [5.74, 6) is 0. The Hall–Kier alpha value is -1.75. The van der Waals surface area contributed by atoms with Crippen LogP contribution >= 0.6 is 0 Å². The molecular formula is C14H22N4O. The molecule has 104 valence electrons. The molecule has 1 saturated heterocycles. The van der Waals surface area contributed by atoms with Crippen molar-refractivity contribution in [2.24, 2.45) is 5.73 Å². The van der Waals surface area contributed by atoms with Crippen LogP contribution in [0.5, 0.6) is 0 Å². The maximum atomic E-state index is 10.7. The summed E-state index contributed by atoms with van der Waals surface area (Å²) in [5, 5.41) is 6.11. The molecule has 0 spiro atoms. The van der Waals surface area contributed by atoms with E-state index in [0.717, 1.165) is 24.3 Å². The summed E-state index contributed by atoms with van der Waals surface area (Å²) in [5.41, 5.74) is 6.88. The normalized spacial score (nSPS) is 20.6. The van der Waals surface area contributed by atoms with E-state index in [0.29, 0.717) is 6.04 Å². The smallest absolute Gasteiger partial charge is 0.316 e. The Morgan fingerprint density at radius 1 is 1.21 bits per heavy atom. The predicted octanol–water partition coefficient (Wildman–Crippen LogP) is 2.07. The van der Waals surface area contributed by atoms with Crippen LogP contribution in [0.25, 0.3) is 0 Å². The predicted molar refractivity (Wildman–Crippen MR) is 78.4 cm³/mol. The highest BCUT2D eigenvalue weighted by Gasteiger charge is 2.14. The first kappa shape index (κ1) is 13.7. The van der Waals surface area contributed by atoms with E-state index >= 15 is 0 Å². The molecule has 1 aromatic rings. The number of rotatable bonds is 3. The molecule has 19 heavy (non-hydrogen) atoms. The Labute approximate surface area is 114 Å². The van der Waals surface area contributed by atoms with Crippen LogP contribution in [0.3, 0.4) is 0 Å². The van der Waals surface area contributed by atoms with Crippen LogP contribution in [0.1, 0.15) is 19.3 Å². The molecule has 1 atom stereocenters. The summed E-state index contributed by atoms with van der Waals surface area (Å²) in [6, 6.07) is 7.65. The number of benzene rings is 1. The van der Waals surface area contributed by atoms with E-state index in [2.05, 4.69) is 22.6 Å². The Balaban J connectivity index is 1.90. The Morgan fingerprint density at radius 3 is 2.58 bits per heavy atom. The molecule has 4 N–H and O–H groups in total. The standard InChI is InChI=1S/C14H22N4O/c1-18-9-2-3-11(8-10-18)16-12-4-6-13(7-5-12)17-14(15)19/h4-7,11,16H,2-3,8-10H2,1H3,(H3,15,17,19). The van der Waals surface area contributed by atoms with Crippen molar-refractivity contribution in [3.8, 4) is 0 Å². The quantitative estimate of drug-likeness (QED) is 0.781. The van der Waals surface area contributed by atoms with Crippen molar-refractivity contribution in [3.63, 3.8) is 0 Å². The van der Waals surface area contributed by atoms with E-state index < -0.39 is 6.03 Å². The third-order valence-electron chi connectivity index (χ3n) is 3.47. The minimum atomic E-state index is -0.535. The van der Waals surface area contributed by atoms with Gasteiger partial charge in [-0.2, -0.15) is 0 Å². The summed E-state index contributed by atoms with van der Waals surface area (Å²) in [6.45, 7) is 2.32. The Morgan fingerprint density at radius 2 is 1.89 bits per heavy atom. The van der Waals surface area contributed by atoms with Gasteiger partial charge in [-0.25, -0.2) is 4.79 Å². The molecule has 5 heteroatoms. The summed E-state index contributed by atoms with van der Waals surface area (Å²) < 4.78 is 0. The Bertz CT molecular complexity index is 418. The molecule has 1 unspecified atom stereocenters. The molecule has 1 heterocycles. The zero-order valence-corrected chi connectivity index (χ0v) is 11.4. The number of nitrogens with two attached hydrogens (primary N) is 1. The topological polar surface area (TPSA) is 70.4 Å². The first-order valence-electron chi connectivity index (χ1n) is 6.75. The minimum Gasteiger partial charge on any atom is -0.382 e. The van der Waals surface area contributed by atoms with Crippen molar-refractivity contribution in [2.75, 3.05) is 30.8 Å². The zero-order chi connectivity index (χ0) is 13.7. The largest absolute Gasteiger partial charge is 0.382 e. The molecule has 0 saturated carbocycles. The van der Waals surface area contributed by atoms with Crippen LogP contribution in [0.2, 0.25) is 0 Å². The number of hydrogen-bond donors (Lipinski definition) is 3. The first-order valence-corrected chi connectivity index (χ1v) is 6.75.